The van der Waals surface area contributed by atoms with Crippen LogP contribution in [0.25, 0.3) is 0 Å². The number of nitrogens with zero attached hydrogens (tertiary/aromatic N) is 1. The lowest BCUT2D eigenvalue weighted by Crippen LogP contribution is -2.36. The number of likely N-dealkylation sites (N-methyl/N-ethyl adjacent to an activating group) is 1. The molecule has 0 radical (unpaired) electrons. The molecule has 1 aliphatic heterocycles. The molecule has 0 N–H and O–H groups in total. The van der Waals surface area contributed by atoms with Gasteiger partial charge in [-0.25, -0.2) is 0 Å². The molecular formula is C16H21NO. The third kappa shape index (κ3) is 1.75. The molecule has 96 valence electrons. The minimum Gasteiger partial charge on any atom is -0.342 e. The van der Waals surface area contributed by atoms with Gasteiger partial charge in [-0.15, -0.1) is 0 Å². The first-order valence-corrected chi connectivity index (χ1v) is 6.95. The van der Waals surface area contributed by atoms with E-state index in [-0.39, 0.29) is 5.92 Å². The third-order valence-corrected chi connectivity index (χ3v) is 4.90. The molecule has 0 spiro atoms. The van der Waals surface area contributed by atoms with E-state index in [1.807, 2.05) is 18.0 Å². The van der Waals surface area contributed by atoms with Crippen molar-refractivity contribution in [3.05, 3.63) is 36.5 Å². The Morgan fingerprint density at radius 1 is 1.44 bits per heavy atom. The van der Waals surface area contributed by atoms with Gasteiger partial charge in [-0.3, -0.25) is 4.79 Å². The van der Waals surface area contributed by atoms with Gasteiger partial charge in [0.15, 0.2) is 0 Å². The van der Waals surface area contributed by atoms with Crippen LogP contribution in [0.3, 0.4) is 0 Å². The predicted octanol–water partition coefficient (Wildman–Crippen LogP) is 2.79. The second kappa shape index (κ2) is 4.42. The van der Waals surface area contributed by atoms with Gasteiger partial charge in [0.25, 0.3) is 0 Å². The van der Waals surface area contributed by atoms with Gasteiger partial charge in [-0.1, -0.05) is 36.5 Å². The molecule has 18 heavy (non-hydrogen) atoms. The van der Waals surface area contributed by atoms with Crippen molar-refractivity contribution in [2.45, 2.75) is 19.3 Å². The van der Waals surface area contributed by atoms with Crippen LogP contribution in [-0.2, 0) is 4.79 Å². The monoisotopic (exact) mass is 243 g/mol. The Morgan fingerprint density at radius 2 is 2.28 bits per heavy atom. The molecule has 2 heteroatoms. The maximum Gasteiger partial charge on any atom is 0.226 e. The van der Waals surface area contributed by atoms with Crippen LogP contribution in [-0.4, -0.2) is 24.4 Å². The van der Waals surface area contributed by atoms with Crippen molar-refractivity contribution in [2.24, 2.45) is 23.7 Å². The number of carbonyl (C=O) groups is 1. The summed E-state index contributed by atoms with van der Waals surface area (Å²) in [5.74, 6) is 2.17. The smallest absolute Gasteiger partial charge is 0.226 e. The molecule has 1 saturated carbocycles. The van der Waals surface area contributed by atoms with E-state index in [1.165, 1.54) is 5.57 Å². The highest BCUT2D eigenvalue weighted by Crippen LogP contribution is 2.49. The lowest BCUT2D eigenvalue weighted by Gasteiger charge is -2.29. The molecule has 3 rings (SSSR count). The van der Waals surface area contributed by atoms with Gasteiger partial charge in [-0.05, 0) is 37.0 Å². The van der Waals surface area contributed by atoms with E-state index < -0.39 is 0 Å². The number of hydrogen-bond acceptors (Lipinski definition) is 1. The Kier molecular flexibility index (Phi) is 2.89. The molecular weight excluding hydrogens is 222 g/mol. The number of hydrogen-bond donors (Lipinski definition) is 0. The van der Waals surface area contributed by atoms with Crippen LogP contribution in [0.5, 0.6) is 0 Å². The fraction of sp³-hybridized carbons (Fsp3) is 0.562. The molecule has 0 saturated heterocycles. The quantitative estimate of drug-likeness (QED) is 0.648. The van der Waals surface area contributed by atoms with Crippen molar-refractivity contribution >= 4 is 5.91 Å². The molecule has 0 aromatic rings. The molecule has 0 bridgehead atoms. The van der Waals surface area contributed by atoms with Crippen molar-refractivity contribution in [3.63, 3.8) is 0 Å². The zero-order chi connectivity index (χ0) is 12.7. The fourth-order valence-electron chi connectivity index (χ4n) is 3.97. The van der Waals surface area contributed by atoms with Crippen molar-refractivity contribution in [1.29, 1.82) is 0 Å². The largest absolute Gasteiger partial charge is 0.342 e. The Bertz CT molecular complexity index is 434. The standard InChI is InChI=1S/C16H21NO/c1-3-11-6-7-14-13(9-11)10-12-5-4-8-17(2)16(18)15(12)14/h3-5,9,12-15H,1,6-8,10H2,2H3/t12-,13+,14+,15-/m1/s1. The van der Waals surface area contributed by atoms with Crippen LogP contribution < -0.4 is 0 Å². The van der Waals surface area contributed by atoms with Crippen LogP contribution in [0, 0.1) is 23.7 Å². The average molecular weight is 243 g/mol. The van der Waals surface area contributed by atoms with Crippen LogP contribution in [0.1, 0.15) is 19.3 Å². The molecule has 0 aromatic carbocycles. The van der Waals surface area contributed by atoms with Gasteiger partial charge in [-0.2, -0.15) is 0 Å². The van der Waals surface area contributed by atoms with E-state index in [0.29, 0.717) is 23.7 Å². The molecule has 4 atom stereocenters. The first-order chi connectivity index (χ1) is 8.70. The SMILES string of the molecule is C=CC1=C[C@H]2C[C@H]3C=CCN(C)C(=O)[C@H]3[C@H]2CC1. The summed E-state index contributed by atoms with van der Waals surface area (Å²) >= 11 is 0. The maximum atomic E-state index is 12.5. The lowest BCUT2D eigenvalue weighted by atomic mass is 9.78. The van der Waals surface area contributed by atoms with Gasteiger partial charge < -0.3 is 4.90 Å². The van der Waals surface area contributed by atoms with Crippen molar-refractivity contribution in [1.82, 2.24) is 4.90 Å². The number of amides is 1. The normalized spacial score (nSPS) is 38.8. The van der Waals surface area contributed by atoms with E-state index in [9.17, 15) is 4.79 Å². The van der Waals surface area contributed by atoms with Crippen LogP contribution in [0.2, 0.25) is 0 Å². The van der Waals surface area contributed by atoms with Crippen LogP contribution >= 0.6 is 0 Å². The molecule has 1 fully saturated rings. The highest BCUT2D eigenvalue weighted by Gasteiger charge is 2.47. The predicted molar refractivity (Wildman–Crippen MR) is 72.9 cm³/mol. The molecule has 0 unspecified atom stereocenters. The molecule has 1 heterocycles. The summed E-state index contributed by atoms with van der Waals surface area (Å²) in [7, 11) is 1.93. The van der Waals surface area contributed by atoms with Crippen molar-refractivity contribution < 1.29 is 4.79 Å². The second-order valence-corrected chi connectivity index (χ2v) is 5.88. The molecule has 1 amide bonds. The van der Waals surface area contributed by atoms with E-state index in [2.05, 4.69) is 24.8 Å². The molecule has 3 aliphatic rings. The first kappa shape index (κ1) is 11.8. The van der Waals surface area contributed by atoms with E-state index in [1.54, 1.807) is 0 Å². The summed E-state index contributed by atoms with van der Waals surface area (Å²) in [6, 6.07) is 0. The van der Waals surface area contributed by atoms with Gasteiger partial charge >= 0.3 is 0 Å². The van der Waals surface area contributed by atoms with E-state index >= 15 is 0 Å². The third-order valence-electron chi connectivity index (χ3n) is 4.90. The molecule has 0 aromatic heterocycles. The van der Waals surface area contributed by atoms with Crippen LogP contribution in [0.15, 0.2) is 36.5 Å². The highest BCUT2D eigenvalue weighted by atomic mass is 16.2. The van der Waals surface area contributed by atoms with Crippen molar-refractivity contribution in [2.75, 3.05) is 13.6 Å². The van der Waals surface area contributed by atoms with Gasteiger partial charge in [0, 0.05) is 19.5 Å². The molecule has 2 nitrogen and oxygen atoms in total. The van der Waals surface area contributed by atoms with E-state index in [4.69, 9.17) is 0 Å². The number of allylic oxidation sites excluding steroid dienone is 4. The second-order valence-electron chi connectivity index (χ2n) is 5.88. The maximum absolute atomic E-state index is 12.5. The minimum absolute atomic E-state index is 0.223. The summed E-state index contributed by atoms with van der Waals surface area (Å²) in [6.45, 7) is 4.65. The number of carbonyl (C=O) groups excluding carboxylic acids is 1. The first-order valence-electron chi connectivity index (χ1n) is 6.95. The fourth-order valence-corrected chi connectivity index (χ4v) is 3.97. The summed E-state index contributed by atoms with van der Waals surface area (Å²) < 4.78 is 0. The van der Waals surface area contributed by atoms with Crippen molar-refractivity contribution in [3.8, 4) is 0 Å². The Morgan fingerprint density at radius 3 is 3.06 bits per heavy atom. The zero-order valence-electron chi connectivity index (χ0n) is 11.0. The van der Waals surface area contributed by atoms with E-state index in [0.717, 1.165) is 25.8 Å². The summed E-state index contributed by atoms with van der Waals surface area (Å²) in [5.41, 5.74) is 1.37. The highest BCUT2D eigenvalue weighted by molar-refractivity contribution is 5.80. The van der Waals surface area contributed by atoms with Crippen LogP contribution in [0.4, 0.5) is 0 Å². The Balaban J connectivity index is 1.91. The summed E-state index contributed by atoms with van der Waals surface area (Å²) in [6.07, 6.45) is 12.2. The zero-order valence-corrected chi connectivity index (χ0v) is 11.0. The lowest BCUT2D eigenvalue weighted by molar-refractivity contribution is -0.135. The van der Waals surface area contributed by atoms with Gasteiger partial charge in [0.1, 0.15) is 0 Å². The Hall–Kier alpha value is -1.31. The Labute approximate surface area is 109 Å². The average Bonchev–Trinajstić information content (AvgIpc) is 2.68. The summed E-state index contributed by atoms with van der Waals surface area (Å²) in [4.78, 5) is 14.4. The molecule has 2 aliphatic carbocycles. The van der Waals surface area contributed by atoms with Gasteiger partial charge in [0.2, 0.25) is 5.91 Å². The topological polar surface area (TPSA) is 20.3 Å². The number of fused-ring (bicyclic) bond motifs is 3. The summed E-state index contributed by atoms with van der Waals surface area (Å²) in [5, 5.41) is 0. The van der Waals surface area contributed by atoms with Gasteiger partial charge in [0.05, 0.1) is 0 Å². The number of rotatable bonds is 1. The minimum atomic E-state index is 0.223.